The van der Waals surface area contributed by atoms with Crippen molar-refractivity contribution >= 4 is 51.2 Å². The lowest BCUT2D eigenvalue weighted by atomic mass is 9.97. The standard InChI is InChI=1S/C31H24ClN3O4S/c1-3-39-31(38)26-25(20-10-6-4-7-11-20)29(40-30(26)33-22-12-8-5-9-13-22)28(37)24-18-35(34-27(24)19(2)36)23-16-14-21(32)15-17-23/h4-18,33H,3H2,1-2H3. The number of aromatic nitrogens is 2. The number of ketones is 2. The fraction of sp³-hybridized carbons (Fsp3) is 0.0968. The highest BCUT2D eigenvalue weighted by Gasteiger charge is 2.32. The van der Waals surface area contributed by atoms with Gasteiger partial charge < -0.3 is 10.1 Å². The Morgan fingerprint density at radius 3 is 2.23 bits per heavy atom. The number of nitrogens with one attached hydrogen (secondary N) is 1. The summed E-state index contributed by atoms with van der Waals surface area (Å²) in [6.45, 7) is 3.26. The molecule has 0 saturated carbocycles. The van der Waals surface area contributed by atoms with E-state index in [1.807, 2.05) is 60.7 Å². The van der Waals surface area contributed by atoms with Crippen molar-refractivity contribution in [1.29, 1.82) is 0 Å². The molecule has 5 rings (SSSR count). The molecule has 3 aromatic carbocycles. The zero-order valence-corrected chi connectivity index (χ0v) is 23.3. The number of hydrogen-bond donors (Lipinski definition) is 1. The normalized spacial score (nSPS) is 10.8. The maximum atomic E-state index is 14.3. The third-order valence-corrected chi connectivity index (χ3v) is 7.43. The molecule has 0 saturated heterocycles. The smallest absolute Gasteiger partial charge is 0.341 e. The molecule has 0 amide bonds. The van der Waals surface area contributed by atoms with Crippen LogP contribution in [0.4, 0.5) is 10.7 Å². The van der Waals surface area contributed by atoms with Crippen LogP contribution in [0.3, 0.4) is 0 Å². The molecule has 1 N–H and O–H groups in total. The lowest BCUT2D eigenvalue weighted by molar-refractivity contribution is 0.0529. The minimum atomic E-state index is -0.557. The number of Topliss-reactive ketones (excluding diaryl/α,β-unsaturated/α-hetero) is 1. The first-order chi connectivity index (χ1) is 19.4. The molecule has 2 heterocycles. The van der Waals surface area contributed by atoms with E-state index in [4.69, 9.17) is 16.3 Å². The zero-order valence-electron chi connectivity index (χ0n) is 21.7. The lowest BCUT2D eigenvalue weighted by Gasteiger charge is -2.10. The van der Waals surface area contributed by atoms with E-state index >= 15 is 0 Å². The van der Waals surface area contributed by atoms with Gasteiger partial charge in [-0.05, 0) is 48.9 Å². The van der Waals surface area contributed by atoms with Crippen LogP contribution < -0.4 is 5.32 Å². The molecule has 2 aromatic heterocycles. The summed E-state index contributed by atoms with van der Waals surface area (Å²) < 4.78 is 6.91. The molecule has 0 atom stereocenters. The first-order valence-corrected chi connectivity index (χ1v) is 13.7. The average molecular weight is 570 g/mol. The molecule has 5 aromatic rings. The summed E-state index contributed by atoms with van der Waals surface area (Å²) in [6, 6.07) is 25.4. The predicted octanol–water partition coefficient (Wildman–Crippen LogP) is 7.61. The van der Waals surface area contributed by atoms with Crippen LogP contribution in [0.15, 0.2) is 91.1 Å². The van der Waals surface area contributed by atoms with Crippen molar-refractivity contribution in [2.45, 2.75) is 13.8 Å². The molecule has 0 unspecified atom stereocenters. The highest BCUT2D eigenvalue weighted by molar-refractivity contribution is 7.19. The van der Waals surface area contributed by atoms with Crippen LogP contribution >= 0.6 is 22.9 Å². The van der Waals surface area contributed by atoms with Crippen molar-refractivity contribution in [3.8, 4) is 16.8 Å². The van der Waals surface area contributed by atoms with E-state index in [1.165, 1.54) is 17.8 Å². The summed E-state index contributed by atoms with van der Waals surface area (Å²) in [5, 5.41) is 8.72. The van der Waals surface area contributed by atoms with Crippen molar-refractivity contribution < 1.29 is 19.1 Å². The Morgan fingerprint density at radius 1 is 0.950 bits per heavy atom. The summed E-state index contributed by atoms with van der Waals surface area (Å²) in [7, 11) is 0. The SMILES string of the molecule is CCOC(=O)c1c(Nc2ccccc2)sc(C(=O)c2cn(-c3ccc(Cl)cc3)nc2C(C)=O)c1-c1ccccc1. The molecule has 0 fully saturated rings. The Hall–Kier alpha value is -4.53. The largest absolute Gasteiger partial charge is 0.462 e. The Kier molecular flexibility index (Phi) is 7.91. The van der Waals surface area contributed by atoms with Crippen molar-refractivity contribution in [2.75, 3.05) is 11.9 Å². The first kappa shape index (κ1) is 27.1. The number of carbonyl (C=O) groups is 3. The van der Waals surface area contributed by atoms with Crippen molar-refractivity contribution in [3.63, 3.8) is 0 Å². The predicted molar refractivity (Wildman–Crippen MR) is 157 cm³/mol. The van der Waals surface area contributed by atoms with Crippen molar-refractivity contribution in [3.05, 3.63) is 118 Å². The van der Waals surface area contributed by atoms with Crippen LogP contribution in [-0.2, 0) is 4.74 Å². The fourth-order valence-corrected chi connectivity index (χ4v) is 5.57. The van der Waals surface area contributed by atoms with Crippen molar-refractivity contribution in [2.24, 2.45) is 0 Å². The van der Waals surface area contributed by atoms with Gasteiger partial charge in [0.2, 0.25) is 5.78 Å². The van der Waals surface area contributed by atoms with Crippen molar-refractivity contribution in [1.82, 2.24) is 9.78 Å². The van der Waals surface area contributed by atoms with E-state index in [0.717, 1.165) is 17.0 Å². The topological polar surface area (TPSA) is 90.3 Å². The van der Waals surface area contributed by atoms with E-state index in [1.54, 1.807) is 31.2 Å². The number of ether oxygens (including phenoxy) is 1. The van der Waals surface area contributed by atoms with E-state index in [2.05, 4.69) is 10.4 Å². The van der Waals surface area contributed by atoms with Gasteiger partial charge >= 0.3 is 5.97 Å². The number of nitrogens with zero attached hydrogens (tertiary/aromatic N) is 2. The number of benzene rings is 3. The average Bonchev–Trinajstić information content (AvgIpc) is 3.57. The number of carbonyl (C=O) groups excluding carboxylic acids is 3. The maximum absolute atomic E-state index is 14.3. The molecule has 40 heavy (non-hydrogen) atoms. The summed E-state index contributed by atoms with van der Waals surface area (Å²) in [5.41, 5.74) is 2.89. The van der Waals surface area contributed by atoms with Gasteiger partial charge in [0.25, 0.3) is 0 Å². The van der Waals surface area contributed by atoms with Crippen LogP contribution in [0.2, 0.25) is 5.02 Å². The molecule has 0 radical (unpaired) electrons. The van der Waals surface area contributed by atoms with Gasteiger partial charge in [-0.25, -0.2) is 9.48 Å². The van der Waals surface area contributed by atoms with E-state index in [0.29, 0.717) is 26.8 Å². The van der Waals surface area contributed by atoms with E-state index < -0.39 is 11.8 Å². The third kappa shape index (κ3) is 5.45. The number of anilines is 2. The maximum Gasteiger partial charge on any atom is 0.341 e. The summed E-state index contributed by atoms with van der Waals surface area (Å²) in [4.78, 5) is 40.5. The minimum Gasteiger partial charge on any atom is -0.462 e. The second-order valence-corrected chi connectivity index (χ2v) is 10.2. The zero-order chi connectivity index (χ0) is 28.2. The highest BCUT2D eigenvalue weighted by Crippen LogP contribution is 2.43. The molecule has 0 aliphatic carbocycles. The Bertz CT molecular complexity index is 1690. The fourth-order valence-electron chi connectivity index (χ4n) is 4.26. The van der Waals surface area contributed by atoms with Gasteiger partial charge in [0, 0.05) is 29.4 Å². The Morgan fingerprint density at radius 2 is 1.60 bits per heavy atom. The molecular formula is C31H24ClN3O4S. The third-order valence-electron chi connectivity index (χ3n) is 6.07. The van der Waals surface area contributed by atoms with Gasteiger partial charge in [0.05, 0.1) is 22.7 Å². The van der Waals surface area contributed by atoms with E-state index in [9.17, 15) is 14.4 Å². The van der Waals surface area contributed by atoms with Gasteiger partial charge in [-0.3, -0.25) is 9.59 Å². The number of halogens is 1. The second kappa shape index (κ2) is 11.7. The Labute approximate surface area is 240 Å². The summed E-state index contributed by atoms with van der Waals surface area (Å²) in [5.74, 6) is -1.35. The second-order valence-electron chi connectivity index (χ2n) is 8.79. The molecule has 9 heteroatoms. The quantitative estimate of drug-likeness (QED) is 0.145. The first-order valence-electron chi connectivity index (χ1n) is 12.5. The van der Waals surface area contributed by atoms with Gasteiger partial charge in [-0.15, -0.1) is 11.3 Å². The van der Waals surface area contributed by atoms with Gasteiger partial charge in [0.15, 0.2) is 5.78 Å². The van der Waals surface area contributed by atoms with Crippen LogP contribution in [-0.4, -0.2) is 33.9 Å². The van der Waals surface area contributed by atoms with Gasteiger partial charge in [-0.1, -0.05) is 60.1 Å². The van der Waals surface area contributed by atoms with Gasteiger partial charge in [-0.2, -0.15) is 5.10 Å². The summed E-state index contributed by atoms with van der Waals surface area (Å²) in [6.07, 6.45) is 1.53. The molecule has 200 valence electrons. The number of thiophene rings is 1. The lowest BCUT2D eigenvalue weighted by Crippen LogP contribution is -2.09. The molecule has 0 bridgehead atoms. The van der Waals surface area contributed by atoms with Crippen LogP contribution in [0.5, 0.6) is 0 Å². The molecule has 7 nitrogen and oxygen atoms in total. The van der Waals surface area contributed by atoms with E-state index in [-0.39, 0.29) is 34.1 Å². The van der Waals surface area contributed by atoms with Crippen LogP contribution in [0, 0.1) is 0 Å². The van der Waals surface area contributed by atoms with Crippen LogP contribution in [0.1, 0.15) is 49.9 Å². The highest BCUT2D eigenvalue weighted by atomic mass is 35.5. The molecule has 0 aliphatic rings. The minimum absolute atomic E-state index is 0.0302. The number of para-hydroxylation sites is 1. The molecule has 0 aliphatic heterocycles. The molecular weight excluding hydrogens is 546 g/mol. The van der Waals surface area contributed by atoms with Gasteiger partial charge in [0.1, 0.15) is 16.3 Å². The monoisotopic (exact) mass is 569 g/mol. The number of rotatable bonds is 9. The molecule has 0 spiro atoms. The number of esters is 1. The Balaban J connectivity index is 1.72. The van der Waals surface area contributed by atoms with Crippen LogP contribution in [0.25, 0.3) is 16.8 Å². The number of hydrogen-bond acceptors (Lipinski definition) is 7. The summed E-state index contributed by atoms with van der Waals surface area (Å²) >= 11 is 7.17.